The first-order chi connectivity index (χ1) is 9.03. The maximum atomic E-state index is 11.4. The Morgan fingerprint density at radius 2 is 2.11 bits per heavy atom. The topological polar surface area (TPSA) is 84.9 Å². The molecule has 19 heavy (non-hydrogen) atoms. The molecule has 1 heterocycles. The van der Waals surface area contributed by atoms with Crippen molar-refractivity contribution in [3.63, 3.8) is 0 Å². The Balaban J connectivity index is 2.07. The van der Waals surface area contributed by atoms with Gasteiger partial charge in [-0.2, -0.15) is 0 Å². The molecule has 0 saturated carbocycles. The summed E-state index contributed by atoms with van der Waals surface area (Å²) in [5, 5.41) is 12.8. The fraction of sp³-hybridized carbons (Fsp3) is 1.00. The second-order valence-corrected chi connectivity index (χ2v) is 7.02. The molecule has 0 bridgehead atoms. The number of rotatable bonds is 9. The fourth-order valence-corrected chi connectivity index (χ4v) is 3.70. The van der Waals surface area contributed by atoms with Gasteiger partial charge in [0.15, 0.2) is 9.84 Å². The summed E-state index contributed by atoms with van der Waals surface area (Å²) in [6.45, 7) is 4.15. The quantitative estimate of drug-likeness (QED) is 0.561. The van der Waals surface area contributed by atoms with Gasteiger partial charge in [0.2, 0.25) is 0 Å². The molecular formula is C12H25NO5S. The van der Waals surface area contributed by atoms with Crippen LogP contribution < -0.4 is 5.32 Å². The molecule has 2 N–H and O–H groups in total. The van der Waals surface area contributed by atoms with Crippen LogP contribution in [0.5, 0.6) is 0 Å². The highest BCUT2D eigenvalue weighted by molar-refractivity contribution is 7.91. The van der Waals surface area contributed by atoms with Crippen LogP contribution in [0, 0.1) is 0 Å². The monoisotopic (exact) mass is 295 g/mol. The van der Waals surface area contributed by atoms with Crippen LogP contribution in [0.1, 0.15) is 19.8 Å². The van der Waals surface area contributed by atoms with Gasteiger partial charge < -0.3 is 19.9 Å². The predicted octanol–water partition coefficient (Wildman–Crippen LogP) is -0.433. The first-order valence-electron chi connectivity index (χ1n) is 6.81. The van der Waals surface area contributed by atoms with Crippen molar-refractivity contribution in [1.29, 1.82) is 0 Å². The average molecular weight is 295 g/mol. The highest BCUT2D eigenvalue weighted by Gasteiger charge is 2.24. The Morgan fingerprint density at radius 1 is 1.37 bits per heavy atom. The zero-order valence-corrected chi connectivity index (χ0v) is 12.3. The Morgan fingerprint density at radius 3 is 2.79 bits per heavy atom. The summed E-state index contributed by atoms with van der Waals surface area (Å²) in [4.78, 5) is 0. The summed E-state index contributed by atoms with van der Waals surface area (Å²) >= 11 is 0. The molecule has 1 fully saturated rings. The van der Waals surface area contributed by atoms with Crippen molar-refractivity contribution < 1.29 is 23.0 Å². The van der Waals surface area contributed by atoms with Crippen LogP contribution in [-0.4, -0.2) is 70.1 Å². The fourth-order valence-electron chi connectivity index (χ4n) is 2.03. The van der Waals surface area contributed by atoms with Crippen LogP contribution in [-0.2, 0) is 19.3 Å². The van der Waals surface area contributed by atoms with E-state index in [0.717, 1.165) is 6.42 Å². The summed E-state index contributed by atoms with van der Waals surface area (Å²) < 4.78 is 33.2. The minimum Gasteiger partial charge on any atom is -0.389 e. The van der Waals surface area contributed by atoms with E-state index in [2.05, 4.69) is 5.32 Å². The second-order valence-electron chi connectivity index (χ2n) is 4.79. The Hall–Kier alpha value is -0.210. The lowest BCUT2D eigenvalue weighted by molar-refractivity contribution is 0.00581. The van der Waals surface area contributed by atoms with Gasteiger partial charge in [-0.15, -0.1) is 0 Å². The van der Waals surface area contributed by atoms with Crippen LogP contribution in [0.2, 0.25) is 0 Å². The van der Waals surface area contributed by atoms with Crippen molar-refractivity contribution >= 4 is 9.84 Å². The van der Waals surface area contributed by atoms with Crippen molar-refractivity contribution in [2.24, 2.45) is 0 Å². The molecule has 0 aromatic carbocycles. The second kappa shape index (κ2) is 8.86. The molecule has 6 nitrogen and oxygen atoms in total. The van der Waals surface area contributed by atoms with Crippen molar-refractivity contribution in [2.75, 3.05) is 44.5 Å². The number of aliphatic hydroxyl groups excluding tert-OH is 1. The van der Waals surface area contributed by atoms with Crippen LogP contribution in [0.3, 0.4) is 0 Å². The number of aliphatic hydroxyl groups is 1. The molecule has 0 radical (unpaired) electrons. The van der Waals surface area contributed by atoms with Crippen LogP contribution in [0.25, 0.3) is 0 Å². The molecule has 0 amide bonds. The van der Waals surface area contributed by atoms with E-state index >= 15 is 0 Å². The van der Waals surface area contributed by atoms with E-state index in [-0.39, 0.29) is 24.2 Å². The molecule has 1 rings (SSSR count). The van der Waals surface area contributed by atoms with Gasteiger partial charge >= 0.3 is 0 Å². The summed E-state index contributed by atoms with van der Waals surface area (Å²) in [5.74, 6) is 0.458. The van der Waals surface area contributed by atoms with E-state index in [1.807, 2.05) is 6.92 Å². The van der Waals surface area contributed by atoms with E-state index in [9.17, 15) is 13.5 Å². The maximum Gasteiger partial charge on any atom is 0.151 e. The Labute approximate surface area is 115 Å². The lowest BCUT2D eigenvalue weighted by Gasteiger charge is -2.24. The van der Waals surface area contributed by atoms with E-state index in [0.29, 0.717) is 32.8 Å². The zero-order valence-electron chi connectivity index (χ0n) is 11.5. The number of nitrogens with one attached hydrogen (secondary N) is 1. The lowest BCUT2D eigenvalue weighted by Crippen LogP contribution is -2.44. The van der Waals surface area contributed by atoms with Crippen LogP contribution >= 0.6 is 0 Å². The third-order valence-electron chi connectivity index (χ3n) is 2.99. The van der Waals surface area contributed by atoms with E-state index in [4.69, 9.17) is 9.47 Å². The third-order valence-corrected chi connectivity index (χ3v) is 4.81. The van der Waals surface area contributed by atoms with E-state index < -0.39 is 15.9 Å². The molecule has 1 aliphatic rings. The normalized spacial score (nSPS) is 24.2. The predicted molar refractivity (Wildman–Crippen MR) is 73.0 cm³/mol. The van der Waals surface area contributed by atoms with Crippen molar-refractivity contribution in [1.82, 2.24) is 5.32 Å². The molecule has 1 saturated heterocycles. The van der Waals surface area contributed by atoms with Gasteiger partial charge in [0.25, 0.3) is 0 Å². The molecule has 114 valence electrons. The van der Waals surface area contributed by atoms with Gasteiger partial charge in [-0.3, -0.25) is 0 Å². The van der Waals surface area contributed by atoms with Gasteiger partial charge in [0.05, 0.1) is 37.4 Å². The Kier molecular flexibility index (Phi) is 7.86. The minimum atomic E-state index is -2.90. The van der Waals surface area contributed by atoms with Gasteiger partial charge in [-0.1, -0.05) is 0 Å². The number of ether oxygens (including phenoxy) is 2. The van der Waals surface area contributed by atoms with Crippen molar-refractivity contribution in [3.8, 4) is 0 Å². The molecule has 0 spiro atoms. The van der Waals surface area contributed by atoms with Crippen molar-refractivity contribution in [2.45, 2.75) is 31.9 Å². The highest BCUT2D eigenvalue weighted by atomic mass is 32.2. The summed E-state index contributed by atoms with van der Waals surface area (Å²) in [5.41, 5.74) is 0. The Bertz CT molecular complexity index is 333. The largest absolute Gasteiger partial charge is 0.389 e. The van der Waals surface area contributed by atoms with Crippen LogP contribution in [0.15, 0.2) is 0 Å². The standard InChI is InChI=1S/C12H25NO5S/c1-2-17-5-6-18-9-12(14)8-13-11-4-3-7-19(15,16)10-11/h11-14H,2-10H2,1H3. The number of hydrogen-bond donors (Lipinski definition) is 2. The minimum absolute atomic E-state index is 0.0446. The summed E-state index contributed by atoms with van der Waals surface area (Å²) in [6.07, 6.45) is 0.921. The SMILES string of the molecule is CCOCCOCC(O)CNC1CCCS(=O)(=O)C1. The lowest BCUT2D eigenvalue weighted by atomic mass is 10.2. The summed E-state index contributed by atoms with van der Waals surface area (Å²) in [6, 6.07) is -0.0446. The first-order valence-corrected chi connectivity index (χ1v) is 8.63. The van der Waals surface area contributed by atoms with Crippen molar-refractivity contribution in [3.05, 3.63) is 0 Å². The van der Waals surface area contributed by atoms with Gasteiger partial charge in [0.1, 0.15) is 0 Å². The molecule has 2 atom stereocenters. The van der Waals surface area contributed by atoms with E-state index in [1.165, 1.54) is 0 Å². The molecule has 0 aromatic rings. The maximum absolute atomic E-state index is 11.4. The smallest absolute Gasteiger partial charge is 0.151 e. The zero-order chi connectivity index (χ0) is 14.1. The molecule has 1 aliphatic heterocycles. The van der Waals surface area contributed by atoms with Gasteiger partial charge in [-0.05, 0) is 19.8 Å². The number of sulfone groups is 1. The molecule has 7 heteroatoms. The highest BCUT2D eigenvalue weighted by Crippen LogP contribution is 2.11. The van der Waals surface area contributed by atoms with E-state index in [1.54, 1.807) is 0 Å². The van der Waals surface area contributed by atoms with Crippen LogP contribution in [0.4, 0.5) is 0 Å². The number of hydrogen-bond acceptors (Lipinski definition) is 6. The molecule has 2 unspecified atom stereocenters. The molecule has 0 aromatic heterocycles. The molecular weight excluding hydrogens is 270 g/mol. The van der Waals surface area contributed by atoms with Gasteiger partial charge in [0, 0.05) is 19.2 Å². The summed E-state index contributed by atoms with van der Waals surface area (Å²) in [7, 11) is -2.90. The average Bonchev–Trinajstić information content (AvgIpc) is 2.35. The van der Waals surface area contributed by atoms with Gasteiger partial charge in [-0.25, -0.2) is 8.42 Å². The first kappa shape index (κ1) is 16.8. The third kappa shape index (κ3) is 7.84. The molecule has 0 aliphatic carbocycles.